The van der Waals surface area contributed by atoms with Crippen LogP contribution in [-0.2, 0) is 4.79 Å². The van der Waals surface area contributed by atoms with Crippen LogP contribution in [0.2, 0.25) is 0 Å². The first-order valence-electron chi connectivity index (χ1n) is 3.84. The Morgan fingerprint density at radius 1 is 1.40 bits per heavy atom. The SMILES string of the molecule is C[C-](C(=O)O)c1ccc([N+](=O)[O-])cc1.[Rb+]. The molecule has 0 atom stereocenters. The molecule has 1 aromatic rings. The average molecular weight is 280 g/mol. The number of benzene rings is 1. The minimum Gasteiger partial charge on any atom is -0.487 e. The van der Waals surface area contributed by atoms with Crippen molar-refractivity contribution in [2.45, 2.75) is 6.92 Å². The molecule has 0 amide bonds. The fourth-order valence-electron chi connectivity index (χ4n) is 0.957. The van der Waals surface area contributed by atoms with Crippen molar-refractivity contribution in [1.82, 2.24) is 0 Å². The van der Waals surface area contributed by atoms with Crippen molar-refractivity contribution in [2.24, 2.45) is 0 Å². The molecule has 0 aliphatic carbocycles. The van der Waals surface area contributed by atoms with Crippen LogP contribution in [0.5, 0.6) is 0 Å². The number of carboxylic acid groups (broad SMARTS) is 1. The van der Waals surface area contributed by atoms with E-state index in [0.29, 0.717) is 5.56 Å². The van der Waals surface area contributed by atoms with Crippen LogP contribution in [0.1, 0.15) is 12.5 Å². The molecule has 15 heavy (non-hydrogen) atoms. The van der Waals surface area contributed by atoms with Gasteiger partial charge in [-0.15, -0.1) is 0 Å². The van der Waals surface area contributed by atoms with Crippen molar-refractivity contribution in [3.05, 3.63) is 45.9 Å². The molecule has 0 saturated carbocycles. The fraction of sp³-hybridized carbons (Fsp3) is 0.111. The summed E-state index contributed by atoms with van der Waals surface area (Å²) in [6.45, 7) is 1.45. The van der Waals surface area contributed by atoms with Crippen LogP contribution in [0, 0.1) is 16.0 Å². The summed E-state index contributed by atoms with van der Waals surface area (Å²) in [5.74, 6) is -0.862. The van der Waals surface area contributed by atoms with Crippen LogP contribution in [0.4, 0.5) is 5.69 Å². The molecule has 5 nitrogen and oxygen atoms in total. The van der Waals surface area contributed by atoms with Crippen molar-refractivity contribution in [1.29, 1.82) is 0 Å². The van der Waals surface area contributed by atoms with Crippen molar-refractivity contribution in [3.8, 4) is 0 Å². The van der Waals surface area contributed by atoms with Gasteiger partial charge in [-0.3, -0.25) is 14.9 Å². The average Bonchev–Trinajstić information content (AvgIpc) is 2.16. The molecule has 6 heteroatoms. The number of nitrogens with zero attached hydrogens (tertiary/aromatic N) is 1. The predicted molar refractivity (Wildman–Crippen MR) is 48.8 cm³/mol. The number of nitro groups is 1. The molecule has 0 aliphatic rings. The van der Waals surface area contributed by atoms with Crippen molar-refractivity contribution >= 4 is 11.7 Å². The molecule has 0 bridgehead atoms. The number of rotatable bonds is 3. The standard InChI is InChI=1S/C9H8NO4.Rb/c1-6(9(11)12)7-2-4-8(5-3-7)10(13)14;/h2-5H,1H3,(H,11,12);/q-1;+1. The first kappa shape index (κ1) is 14.8. The van der Waals surface area contributed by atoms with E-state index in [2.05, 4.69) is 0 Å². The maximum Gasteiger partial charge on any atom is 1.00 e. The second-order valence-electron chi connectivity index (χ2n) is 2.73. The molecule has 0 aliphatic heterocycles. The Morgan fingerprint density at radius 3 is 2.20 bits per heavy atom. The summed E-state index contributed by atoms with van der Waals surface area (Å²) >= 11 is 0. The van der Waals surface area contributed by atoms with Gasteiger partial charge in [-0.25, -0.2) is 0 Å². The van der Waals surface area contributed by atoms with Crippen molar-refractivity contribution in [3.63, 3.8) is 0 Å². The molecule has 1 rings (SSSR count). The van der Waals surface area contributed by atoms with Gasteiger partial charge in [-0.1, -0.05) is 12.8 Å². The second kappa shape index (κ2) is 6.37. The zero-order valence-corrected chi connectivity index (χ0v) is 13.3. The van der Waals surface area contributed by atoms with Crippen LogP contribution < -0.4 is 58.2 Å². The number of carboxylic acids is 1. The molecular weight excluding hydrogens is 272 g/mol. The molecule has 0 heterocycles. The Bertz CT molecular complexity index is 363. The van der Waals surface area contributed by atoms with E-state index in [9.17, 15) is 14.9 Å². The largest absolute Gasteiger partial charge is 1.00 e. The Labute approximate surface area is 135 Å². The number of nitro benzene ring substituents is 1. The van der Waals surface area contributed by atoms with Gasteiger partial charge in [0.25, 0.3) is 5.97 Å². The summed E-state index contributed by atoms with van der Waals surface area (Å²) in [5, 5.41) is 18.9. The number of hydrogen-bond acceptors (Lipinski definition) is 3. The Kier molecular flexibility index (Phi) is 6.27. The third kappa shape index (κ3) is 4.02. The van der Waals surface area contributed by atoms with E-state index in [-0.39, 0.29) is 69.8 Å². The minimum atomic E-state index is -1.03. The van der Waals surface area contributed by atoms with Crippen LogP contribution in [0.15, 0.2) is 24.3 Å². The van der Waals surface area contributed by atoms with E-state index >= 15 is 0 Å². The molecule has 1 aromatic carbocycles. The van der Waals surface area contributed by atoms with Gasteiger partial charge in [-0.2, -0.15) is 17.7 Å². The van der Waals surface area contributed by atoms with E-state index in [1.54, 1.807) is 0 Å². The molecule has 0 fully saturated rings. The van der Waals surface area contributed by atoms with Gasteiger partial charge in [0.15, 0.2) is 0 Å². The summed E-state index contributed by atoms with van der Waals surface area (Å²) in [4.78, 5) is 20.3. The van der Waals surface area contributed by atoms with Crippen LogP contribution in [0.3, 0.4) is 0 Å². The third-order valence-corrected chi connectivity index (χ3v) is 1.83. The zero-order chi connectivity index (χ0) is 10.7. The van der Waals surface area contributed by atoms with E-state index in [1.807, 2.05) is 0 Å². The zero-order valence-electron chi connectivity index (χ0n) is 8.43. The maximum absolute atomic E-state index is 10.5. The van der Waals surface area contributed by atoms with Gasteiger partial charge in [-0.05, 0) is 12.1 Å². The first-order chi connectivity index (χ1) is 6.52. The molecule has 1 N–H and O–H groups in total. The Balaban J connectivity index is 0.00000196. The van der Waals surface area contributed by atoms with Crippen LogP contribution in [-0.4, -0.2) is 16.0 Å². The van der Waals surface area contributed by atoms with Gasteiger partial charge in [0.05, 0.1) is 4.92 Å². The maximum atomic E-state index is 10.5. The van der Waals surface area contributed by atoms with E-state index < -0.39 is 10.9 Å². The van der Waals surface area contributed by atoms with E-state index in [1.165, 1.54) is 31.2 Å². The Morgan fingerprint density at radius 2 is 1.87 bits per heavy atom. The smallest absolute Gasteiger partial charge is 0.487 e. The van der Waals surface area contributed by atoms with Gasteiger partial charge in [0, 0.05) is 0 Å². The van der Waals surface area contributed by atoms with Crippen LogP contribution in [0.25, 0.3) is 0 Å². The fourth-order valence-corrected chi connectivity index (χ4v) is 0.957. The molecule has 0 saturated heterocycles. The summed E-state index contributed by atoms with van der Waals surface area (Å²) in [6, 6.07) is 5.40. The molecule has 0 aromatic heterocycles. The van der Waals surface area contributed by atoms with Crippen molar-refractivity contribution in [2.75, 3.05) is 0 Å². The number of carbonyl (C=O) groups is 1. The van der Waals surface area contributed by atoms with Gasteiger partial charge < -0.3 is 5.11 Å². The molecule has 0 spiro atoms. The number of non-ortho nitro benzene ring substituents is 1. The first-order valence-corrected chi connectivity index (χ1v) is 3.84. The third-order valence-electron chi connectivity index (χ3n) is 1.83. The van der Waals surface area contributed by atoms with Gasteiger partial charge in [0.1, 0.15) is 0 Å². The summed E-state index contributed by atoms with van der Waals surface area (Å²) in [7, 11) is 0. The van der Waals surface area contributed by atoms with E-state index in [4.69, 9.17) is 5.11 Å². The summed E-state index contributed by atoms with van der Waals surface area (Å²) in [5.41, 5.74) is 0.426. The summed E-state index contributed by atoms with van der Waals surface area (Å²) < 4.78 is 0. The number of hydrogen-bond donors (Lipinski definition) is 1. The molecule has 74 valence electrons. The van der Waals surface area contributed by atoms with E-state index in [0.717, 1.165) is 0 Å². The topological polar surface area (TPSA) is 80.4 Å². The quantitative estimate of drug-likeness (QED) is 0.420. The second-order valence-corrected chi connectivity index (χ2v) is 2.73. The normalized spacial score (nSPS) is 8.87. The monoisotopic (exact) mass is 279 g/mol. The van der Waals surface area contributed by atoms with Gasteiger partial charge in [0.2, 0.25) is 5.69 Å². The minimum absolute atomic E-state index is 0. The summed E-state index contributed by atoms with van der Waals surface area (Å²) in [6.07, 6.45) is 0. The van der Waals surface area contributed by atoms with Crippen molar-refractivity contribution < 1.29 is 73.0 Å². The Hall–Kier alpha value is -0.235. The van der Waals surface area contributed by atoms with Crippen LogP contribution >= 0.6 is 0 Å². The molecule has 0 unspecified atom stereocenters. The predicted octanol–water partition coefficient (Wildman–Crippen LogP) is -1.37. The molecular formula is C9H8NO4Rb. The van der Waals surface area contributed by atoms with Gasteiger partial charge >= 0.3 is 58.2 Å². The molecule has 0 radical (unpaired) electrons. The number of aliphatic carboxylic acids is 1.